The van der Waals surface area contributed by atoms with E-state index in [9.17, 15) is 10.1 Å². The Hall–Kier alpha value is -2.13. The van der Waals surface area contributed by atoms with Gasteiger partial charge in [0.05, 0.1) is 10.8 Å². The van der Waals surface area contributed by atoms with Crippen LogP contribution < -0.4 is 5.43 Å². The van der Waals surface area contributed by atoms with Crippen LogP contribution in [0.4, 0.5) is 11.4 Å². The van der Waals surface area contributed by atoms with Gasteiger partial charge in [0.1, 0.15) is 5.69 Å². The molecule has 0 fully saturated rings. The molecule has 7 nitrogen and oxygen atoms in total. The van der Waals surface area contributed by atoms with Crippen LogP contribution in [-0.4, -0.2) is 10.9 Å². The molecule has 0 bridgehead atoms. The predicted molar refractivity (Wildman–Crippen MR) is 90.9 cm³/mol. The fraction of sp³-hybridized carbons (Fsp3) is 0. The Morgan fingerprint density at radius 3 is 2.09 bits per heavy atom. The van der Waals surface area contributed by atoms with E-state index in [-0.39, 0.29) is 0 Å². The van der Waals surface area contributed by atoms with E-state index in [0.717, 1.165) is 8.95 Å². The van der Waals surface area contributed by atoms with Crippen LogP contribution in [0.3, 0.4) is 0 Å². The minimum absolute atomic E-state index is 0.487. The number of halogens is 2. The lowest BCUT2D eigenvalue weighted by Crippen LogP contribution is -2.10. The Morgan fingerprint density at radius 1 is 1.00 bits per heavy atom. The number of azo groups is 1. The number of guanidine groups is 1. The molecule has 9 heteroatoms. The number of benzene rings is 2. The Bertz CT molecular complexity index is 714. The molecule has 0 saturated carbocycles. The largest absolute Gasteiger partial charge is 0.511 e. The van der Waals surface area contributed by atoms with Crippen molar-refractivity contribution in [2.75, 3.05) is 5.43 Å². The van der Waals surface area contributed by atoms with Gasteiger partial charge in [-0.3, -0.25) is 0 Å². The van der Waals surface area contributed by atoms with Gasteiger partial charge in [-0.25, -0.2) is 5.43 Å². The fourth-order valence-corrected chi connectivity index (χ4v) is 1.88. The lowest BCUT2D eigenvalue weighted by Gasteiger charge is -1.97. The third-order valence-electron chi connectivity index (χ3n) is 2.37. The first kappa shape index (κ1) is 16.2. The standard InChI is InChI=1S/C13H9Br2N5O2/c14-9-1-5-11(6-2-9)16-18-13(20(21)22)19-17-12-7-3-10(15)4-8-12/h1-8,16H. The molecular formula is C13H9Br2N5O2. The normalized spacial score (nSPS) is 11.6. The molecule has 0 saturated heterocycles. The van der Waals surface area contributed by atoms with Crippen molar-refractivity contribution < 1.29 is 4.92 Å². The summed E-state index contributed by atoms with van der Waals surface area (Å²) in [4.78, 5) is 10.2. The zero-order chi connectivity index (χ0) is 15.9. The molecule has 0 amide bonds. The molecule has 0 heterocycles. The van der Waals surface area contributed by atoms with E-state index in [0.29, 0.717) is 11.4 Å². The van der Waals surface area contributed by atoms with Gasteiger partial charge in [0, 0.05) is 14.0 Å². The molecule has 0 aliphatic carbocycles. The van der Waals surface area contributed by atoms with Crippen molar-refractivity contribution in [3.8, 4) is 0 Å². The van der Waals surface area contributed by atoms with Crippen LogP contribution in [0.15, 0.2) is 72.8 Å². The number of nitrogens with one attached hydrogen (secondary N) is 1. The molecule has 0 unspecified atom stereocenters. The van der Waals surface area contributed by atoms with Gasteiger partial charge in [-0.05, 0) is 53.5 Å². The monoisotopic (exact) mass is 425 g/mol. The van der Waals surface area contributed by atoms with Crippen molar-refractivity contribution in [1.82, 2.24) is 0 Å². The quantitative estimate of drug-likeness (QED) is 0.247. The number of nitrogens with zero attached hydrogens (tertiary/aromatic N) is 4. The van der Waals surface area contributed by atoms with Crippen LogP contribution in [-0.2, 0) is 0 Å². The van der Waals surface area contributed by atoms with Crippen molar-refractivity contribution in [1.29, 1.82) is 0 Å². The summed E-state index contributed by atoms with van der Waals surface area (Å²) in [6.07, 6.45) is 0. The average Bonchev–Trinajstić information content (AvgIpc) is 2.50. The summed E-state index contributed by atoms with van der Waals surface area (Å²) in [6.45, 7) is 0. The molecule has 0 radical (unpaired) electrons. The van der Waals surface area contributed by atoms with Crippen molar-refractivity contribution in [2.45, 2.75) is 0 Å². The van der Waals surface area contributed by atoms with E-state index in [1.54, 1.807) is 48.5 Å². The number of hydrazone groups is 1. The summed E-state index contributed by atoms with van der Waals surface area (Å²) in [5.74, 6) is -0.633. The Balaban J connectivity index is 2.12. The molecule has 0 aliphatic heterocycles. The van der Waals surface area contributed by atoms with Crippen LogP contribution in [0.25, 0.3) is 0 Å². The average molecular weight is 427 g/mol. The zero-order valence-corrected chi connectivity index (χ0v) is 14.2. The number of rotatable bonds is 3. The van der Waals surface area contributed by atoms with E-state index in [1.807, 2.05) is 0 Å². The lowest BCUT2D eigenvalue weighted by atomic mass is 10.3. The van der Waals surface area contributed by atoms with Crippen molar-refractivity contribution in [3.05, 3.63) is 67.6 Å². The second-order valence-electron chi connectivity index (χ2n) is 3.96. The minimum Gasteiger partial charge on any atom is -0.390 e. The van der Waals surface area contributed by atoms with Crippen LogP contribution in [0, 0.1) is 10.1 Å². The van der Waals surface area contributed by atoms with Crippen LogP contribution in [0.2, 0.25) is 0 Å². The summed E-state index contributed by atoms with van der Waals surface area (Å²) < 4.78 is 1.78. The van der Waals surface area contributed by atoms with Gasteiger partial charge >= 0.3 is 5.96 Å². The van der Waals surface area contributed by atoms with E-state index in [1.165, 1.54) is 0 Å². The summed E-state index contributed by atoms with van der Waals surface area (Å²) in [5, 5.41) is 21.9. The molecule has 1 N–H and O–H groups in total. The maximum absolute atomic E-state index is 10.9. The molecule has 2 aromatic carbocycles. The van der Waals surface area contributed by atoms with E-state index in [4.69, 9.17) is 0 Å². The van der Waals surface area contributed by atoms with Gasteiger partial charge in [-0.1, -0.05) is 37.0 Å². The van der Waals surface area contributed by atoms with Gasteiger partial charge in [-0.2, -0.15) is 0 Å². The van der Waals surface area contributed by atoms with Crippen molar-refractivity contribution >= 4 is 49.2 Å². The first-order valence-corrected chi connectivity index (χ1v) is 7.54. The van der Waals surface area contributed by atoms with Crippen molar-refractivity contribution in [2.24, 2.45) is 15.3 Å². The second kappa shape index (κ2) is 7.76. The zero-order valence-electron chi connectivity index (χ0n) is 11.0. The first-order valence-electron chi connectivity index (χ1n) is 5.95. The van der Waals surface area contributed by atoms with Gasteiger partial charge in [0.2, 0.25) is 0 Å². The van der Waals surface area contributed by atoms with E-state index < -0.39 is 10.9 Å². The number of anilines is 1. The number of hydrogen-bond donors (Lipinski definition) is 1. The highest BCUT2D eigenvalue weighted by Crippen LogP contribution is 2.17. The third-order valence-corrected chi connectivity index (χ3v) is 3.43. The van der Waals surface area contributed by atoms with Crippen LogP contribution in [0.1, 0.15) is 0 Å². The van der Waals surface area contributed by atoms with Gasteiger partial charge in [-0.15, -0.1) is 0 Å². The molecule has 2 aromatic rings. The molecular weight excluding hydrogens is 418 g/mol. The summed E-state index contributed by atoms with van der Waals surface area (Å²) in [6, 6.07) is 13.9. The molecule has 0 aliphatic rings. The van der Waals surface area contributed by atoms with E-state index >= 15 is 0 Å². The number of hydrogen-bond acceptors (Lipinski definition) is 5. The van der Waals surface area contributed by atoms with Crippen molar-refractivity contribution in [3.63, 3.8) is 0 Å². The summed E-state index contributed by atoms with van der Waals surface area (Å²) in [7, 11) is 0. The Labute approximate surface area is 142 Å². The van der Waals surface area contributed by atoms with Gasteiger partial charge in [0.15, 0.2) is 0 Å². The highest BCUT2D eigenvalue weighted by molar-refractivity contribution is 9.10. The summed E-state index contributed by atoms with van der Waals surface area (Å²) in [5.41, 5.74) is 3.65. The lowest BCUT2D eigenvalue weighted by molar-refractivity contribution is -0.352. The predicted octanol–water partition coefficient (Wildman–Crippen LogP) is 4.96. The summed E-state index contributed by atoms with van der Waals surface area (Å²) >= 11 is 6.58. The smallest absolute Gasteiger partial charge is 0.390 e. The van der Waals surface area contributed by atoms with Crippen LogP contribution in [0.5, 0.6) is 0 Å². The molecule has 22 heavy (non-hydrogen) atoms. The van der Waals surface area contributed by atoms with Crippen LogP contribution >= 0.6 is 31.9 Å². The maximum atomic E-state index is 10.9. The molecule has 2 rings (SSSR count). The maximum Gasteiger partial charge on any atom is 0.511 e. The highest BCUT2D eigenvalue weighted by atomic mass is 79.9. The SMILES string of the molecule is O=[N+]([O-])C(N=Nc1ccc(Br)cc1)=NNc1ccc(Br)cc1. The first-order chi connectivity index (χ1) is 10.5. The Morgan fingerprint density at radius 2 is 1.55 bits per heavy atom. The minimum atomic E-state index is -0.714. The molecule has 112 valence electrons. The van der Waals surface area contributed by atoms with Gasteiger partial charge < -0.3 is 10.1 Å². The molecule has 0 spiro atoms. The highest BCUT2D eigenvalue weighted by Gasteiger charge is 2.12. The third kappa shape index (κ3) is 5.01. The second-order valence-corrected chi connectivity index (χ2v) is 5.80. The van der Waals surface area contributed by atoms with Gasteiger partial charge in [0.25, 0.3) is 0 Å². The Kier molecular flexibility index (Phi) is 5.73. The fourth-order valence-electron chi connectivity index (χ4n) is 1.35. The molecule has 0 aromatic heterocycles. The topological polar surface area (TPSA) is 92.2 Å². The molecule has 0 atom stereocenters. The van der Waals surface area contributed by atoms with E-state index in [2.05, 4.69) is 52.6 Å². The number of nitro groups is 1.